The van der Waals surface area contributed by atoms with Crippen molar-refractivity contribution in [1.82, 2.24) is 4.57 Å². The van der Waals surface area contributed by atoms with Crippen LogP contribution in [0.3, 0.4) is 0 Å². The maximum absolute atomic E-state index is 10.7. The van der Waals surface area contributed by atoms with E-state index in [-0.39, 0.29) is 0 Å². The van der Waals surface area contributed by atoms with Crippen LogP contribution >= 0.6 is 0 Å². The summed E-state index contributed by atoms with van der Waals surface area (Å²) in [5.74, 6) is -1.12. The molecule has 1 aromatic heterocycles. The van der Waals surface area contributed by atoms with Gasteiger partial charge < -0.3 is 24.9 Å². The summed E-state index contributed by atoms with van der Waals surface area (Å²) in [5, 5.41) is 25.0. The zero-order chi connectivity index (χ0) is 16.4. The molecule has 5 nitrogen and oxygen atoms in total. The molecule has 0 amide bonds. The monoisotopic (exact) mass is 312 g/mol. The Morgan fingerprint density at radius 1 is 1.13 bits per heavy atom. The van der Waals surface area contributed by atoms with E-state index >= 15 is 0 Å². The van der Waals surface area contributed by atoms with Gasteiger partial charge in [0.15, 0.2) is 0 Å². The van der Waals surface area contributed by atoms with Crippen molar-refractivity contribution in [2.24, 2.45) is 0 Å². The number of hydrogen-bond donors (Lipinski definition) is 2. The number of quaternary nitrogens is 1. The van der Waals surface area contributed by atoms with Crippen molar-refractivity contribution < 1.29 is 20.3 Å². The molecule has 0 unspecified atom stereocenters. The highest BCUT2D eigenvalue weighted by molar-refractivity contribution is 6.07. The fraction of sp³-hybridized carbons (Fsp3) is 0.278. The summed E-state index contributed by atoms with van der Waals surface area (Å²) >= 11 is 0. The van der Waals surface area contributed by atoms with Gasteiger partial charge in [-0.1, -0.05) is 36.4 Å². The van der Waals surface area contributed by atoms with Gasteiger partial charge in [-0.25, -0.2) is 0 Å². The Balaban J connectivity index is 1.88. The van der Waals surface area contributed by atoms with Gasteiger partial charge in [-0.15, -0.1) is 0 Å². The molecule has 3 aromatic rings. The number of carboxylic acids is 1. The maximum atomic E-state index is 10.7. The number of nitrogens with two attached hydrogens (primary N) is 1. The number of rotatable bonds is 6. The van der Waals surface area contributed by atoms with Gasteiger partial charge in [0.25, 0.3) is 0 Å². The van der Waals surface area contributed by atoms with Gasteiger partial charge in [-0.05, 0) is 19.1 Å². The second-order valence-electron chi connectivity index (χ2n) is 5.88. The van der Waals surface area contributed by atoms with Crippen molar-refractivity contribution in [2.75, 3.05) is 6.54 Å². The lowest BCUT2D eigenvalue weighted by atomic mass is 10.2. The van der Waals surface area contributed by atoms with Crippen molar-refractivity contribution in [3.63, 3.8) is 0 Å². The minimum absolute atomic E-state index is 0.315. The van der Waals surface area contributed by atoms with Crippen molar-refractivity contribution in [1.29, 1.82) is 0 Å². The van der Waals surface area contributed by atoms with E-state index in [2.05, 4.69) is 16.7 Å². The summed E-state index contributed by atoms with van der Waals surface area (Å²) in [6.45, 7) is 2.29. The number of para-hydroxylation sites is 2. The third kappa shape index (κ3) is 3.06. The Morgan fingerprint density at radius 2 is 1.65 bits per heavy atom. The van der Waals surface area contributed by atoms with Crippen LogP contribution in [-0.4, -0.2) is 34.3 Å². The number of carbonyl (C=O) groups excluding carboxylic acids is 1. The van der Waals surface area contributed by atoms with E-state index in [1.807, 2.05) is 36.4 Å². The quantitative estimate of drug-likeness (QED) is 0.664. The van der Waals surface area contributed by atoms with E-state index in [9.17, 15) is 15.0 Å². The fourth-order valence-electron chi connectivity index (χ4n) is 2.94. The zero-order valence-corrected chi connectivity index (χ0v) is 13.0. The molecule has 120 valence electrons. The summed E-state index contributed by atoms with van der Waals surface area (Å²) < 4.78 is 2.09. The highest BCUT2D eigenvalue weighted by Gasteiger charge is 2.15. The molecule has 23 heavy (non-hydrogen) atoms. The fourth-order valence-corrected chi connectivity index (χ4v) is 2.94. The predicted octanol–water partition coefficient (Wildman–Crippen LogP) is -0.143. The summed E-state index contributed by atoms with van der Waals surface area (Å²) in [6, 6.07) is 15.5. The first-order valence-electron chi connectivity index (χ1n) is 7.76. The van der Waals surface area contributed by atoms with Gasteiger partial charge in [-0.2, -0.15) is 0 Å². The average molecular weight is 312 g/mol. The third-order valence-electron chi connectivity index (χ3n) is 4.21. The minimum atomic E-state index is -1.12. The van der Waals surface area contributed by atoms with Gasteiger partial charge in [0.2, 0.25) is 0 Å². The molecule has 0 bridgehead atoms. The number of aliphatic hydroxyl groups is 1. The first-order chi connectivity index (χ1) is 11.1. The molecular weight excluding hydrogens is 292 g/mol. The van der Waals surface area contributed by atoms with E-state index in [1.54, 1.807) is 12.2 Å². The molecule has 0 aliphatic carbocycles. The Morgan fingerprint density at radius 3 is 2.17 bits per heavy atom. The lowest BCUT2D eigenvalue weighted by molar-refractivity contribution is -0.685. The Kier molecular flexibility index (Phi) is 4.32. The molecule has 1 heterocycles. The number of carboxylic acid groups (broad SMARTS) is 1. The minimum Gasteiger partial charge on any atom is -0.544 e. The van der Waals surface area contributed by atoms with Gasteiger partial charge >= 0.3 is 0 Å². The van der Waals surface area contributed by atoms with E-state index < -0.39 is 18.1 Å². The molecular formula is C18H20N2O3. The van der Waals surface area contributed by atoms with Gasteiger partial charge in [0, 0.05) is 21.8 Å². The van der Waals surface area contributed by atoms with E-state index in [0.717, 1.165) is 21.8 Å². The highest BCUT2D eigenvalue weighted by atomic mass is 16.4. The maximum Gasteiger partial charge on any atom is 0.123 e. The summed E-state index contributed by atoms with van der Waals surface area (Å²) in [4.78, 5) is 10.7. The molecule has 0 spiro atoms. The van der Waals surface area contributed by atoms with Crippen LogP contribution in [0.25, 0.3) is 21.8 Å². The molecule has 2 aromatic carbocycles. The Bertz CT molecular complexity index is 787. The Hall–Kier alpha value is -2.37. The van der Waals surface area contributed by atoms with Crippen molar-refractivity contribution in [2.45, 2.75) is 25.6 Å². The molecule has 0 saturated carbocycles. The first kappa shape index (κ1) is 15.5. The van der Waals surface area contributed by atoms with Crippen LogP contribution in [0, 0.1) is 0 Å². The lowest BCUT2D eigenvalue weighted by Crippen LogP contribution is -2.94. The number of nitrogens with zero attached hydrogens (tertiary/aromatic N) is 1. The molecule has 3 N–H and O–H groups in total. The molecule has 5 heteroatoms. The number of aliphatic hydroxyl groups excluding tert-OH is 1. The topological polar surface area (TPSA) is 81.9 Å². The number of benzene rings is 2. The van der Waals surface area contributed by atoms with Crippen LogP contribution in [0.5, 0.6) is 0 Å². The van der Waals surface area contributed by atoms with Crippen molar-refractivity contribution >= 4 is 27.8 Å². The molecule has 0 fully saturated rings. The van der Waals surface area contributed by atoms with E-state index in [1.165, 1.54) is 0 Å². The van der Waals surface area contributed by atoms with Crippen molar-refractivity contribution in [3.05, 3.63) is 48.5 Å². The van der Waals surface area contributed by atoms with Crippen LogP contribution in [0.4, 0.5) is 0 Å². The molecule has 2 atom stereocenters. The first-order valence-corrected chi connectivity index (χ1v) is 7.76. The number of hydrogen-bond acceptors (Lipinski definition) is 3. The lowest BCUT2D eigenvalue weighted by Gasteiger charge is -2.16. The highest BCUT2D eigenvalue weighted by Crippen LogP contribution is 2.28. The molecule has 0 saturated heterocycles. The average Bonchev–Trinajstić information content (AvgIpc) is 2.87. The smallest absolute Gasteiger partial charge is 0.123 e. The number of fused-ring (bicyclic) bond motifs is 3. The molecule has 3 rings (SSSR count). The molecule has 0 aliphatic heterocycles. The zero-order valence-electron chi connectivity index (χ0n) is 13.0. The SMILES string of the molecule is C[C@H]([NH2+]C[C@@H](O)Cn1c2ccccc2c2ccccc21)C(=O)[O-]. The van der Waals surface area contributed by atoms with Crippen molar-refractivity contribution in [3.8, 4) is 0 Å². The number of carbonyl (C=O) groups is 1. The predicted molar refractivity (Wildman–Crippen MR) is 86.7 cm³/mol. The Labute approximate surface area is 134 Å². The van der Waals surface area contributed by atoms with Crippen LogP contribution in [0.15, 0.2) is 48.5 Å². The summed E-state index contributed by atoms with van der Waals surface area (Å²) in [5.41, 5.74) is 2.14. The van der Waals surface area contributed by atoms with Crippen LogP contribution in [0.2, 0.25) is 0 Å². The number of aliphatic carboxylic acids is 1. The summed E-state index contributed by atoms with van der Waals surface area (Å²) in [7, 11) is 0. The third-order valence-corrected chi connectivity index (χ3v) is 4.21. The standard InChI is InChI=1S/C18H20N2O3/c1-12(18(22)23)19-10-13(21)11-20-16-8-4-2-6-14(16)15-7-3-5-9-17(15)20/h2-9,12-13,19,21H,10-11H2,1H3,(H,22,23)/t12-,13+/m0/s1. The number of aromatic nitrogens is 1. The van der Waals surface area contributed by atoms with E-state index in [4.69, 9.17) is 0 Å². The normalized spacial score (nSPS) is 14.2. The second-order valence-corrected chi connectivity index (χ2v) is 5.88. The van der Waals surface area contributed by atoms with Gasteiger partial charge in [0.1, 0.15) is 18.7 Å². The van der Waals surface area contributed by atoms with Crippen LogP contribution in [0.1, 0.15) is 6.92 Å². The van der Waals surface area contributed by atoms with Gasteiger partial charge in [-0.3, -0.25) is 0 Å². The molecule has 0 aliphatic rings. The second kappa shape index (κ2) is 6.40. The van der Waals surface area contributed by atoms with Crippen LogP contribution in [-0.2, 0) is 11.3 Å². The molecule has 0 radical (unpaired) electrons. The van der Waals surface area contributed by atoms with E-state index in [0.29, 0.717) is 13.1 Å². The summed E-state index contributed by atoms with van der Waals surface area (Å²) in [6.07, 6.45) is -0.643. The largest absolute Gasteiger partial charge is 0.544 e. The van der Waals surface area contributed by atoms with Crippen LogP contribution < -0.4 is 10.4 Å². The van der Waals surface area contributed by atoms with Gasteiger partial charge in [0.05, 0.1) is 12.5 Å².